The quantitative estimate of drug-likeness (QED) is 0.882. The molecule has 0 aromatic heterocycles. The fraction of sp³-hybridized carbons (Fsp3) is 0.538. The first-order valence-electron chi connectivity index (χ1n) is 6.05. The predicted molar refractivity (Wildman–Crippen MR) is 80.9 cm³/mol. The van der Waals surface area contributed by atoms with Gasteiger partial charge in [-0.15, -0.1) is 0 Å². The van der Waals surface area contributed by atoms with Crippen LogP contribution in [0.2, 0.25) is 0 Å². The minimum Gasteiger partial charge on any atom is -0.368 e. The minimum absolute atomic E-state index is 0.625. The third-order valence-corrected chi connectivity index (χ3v) is 4.37. The topological polar surface area (TPSA) is 15.3 Å². The smallest absolute Gasteiger partial charge is 0.0655 e. The van der Waals surface area contributed by atoms with Gasteiger partial charge in [0.2, 0.25) is 0 Å². The summed E-state index contributed by atoms with van der Waals surface area (Å²) in [6, 6.07) is 4.99. The maximum absolute atomic E-state index is 3.67. The van der Waals surface area contributed by atoms with E-state index in [0.29, 0.717) is 6.04 Å². The molecule has 1 aliphatic heterocycles. The summed E-state index contributed by atoms with van der Waals surface area (Å²) in [6.07, 6.45) is 1.22. The van der Waals surface area contributed by atoms with Crippen LogP contribution in [0.4, 0.5) is 5.69 Å². The maximum atomic E-state index is 3.67. The van der Waals surface area contributed by atoms with Crippen molar-refractivity contribution in [2.45, 2.75) is 26.3 Å². The molecule has 2 nitrogen and oxygen atoms in total. The molecule has 1 N–H and O–H groups in total. The Bertz CT molecular complexity index is 383. The summed E-state index contributed by atoms with van der Waals surface area (Å²) in [5.41, 5.74) is 2.56. The van der Waals surface area contributed by atoms with E-state index >= 15 is 0 Å². The van der Waals surface area contributed by atoms with E-state index < -0.39 is 0 Å². The summed E-state index contributed by atoms with van der Waals surface area (Å²) in [7, 11) is 0. The van der Waals surface area contributed by atoms with Gasteiger partial charge in [-0.1, -0.05) is 6.92 Å². The number of rotatable bonds is 3. The molecule has 1 unspecified atom stereocenters. The predicted octanol–water partition coefficient (Wildman–Crippen LogP) is 3.71. The van der Waals surface area contributed by atoms with Crippen LogP contribution in [0.1, 0.15) is 18.9 Å². The number of hydrogen-bond donors (Lipinski definition) is 1. The third kappa shape index (κ3) is 3.04. The van der Waals surface area contributed by atoms with Gasteiger partial charge in [0.1, 0.15) is 0 Å². The summed E-state index contributed by atoms with van der Waals surface area (Å²) in [5.74, 6) is 0. The van der Waals surface area contributed by atoms with E-state index in [4.69, 9.17) is 0 Å². The van der Waals surface area contributed by atoms with Crippen molar-refractivity contribution in [1.29, 1.82) is 0 Å². The zero-order valence-corrected chi connectivity index (χ0v) is 13.4. The van der Waals surface area contributed by atoms with Crippen LogP contribution in [0.15, 0.2) is 21.1 Å². The molecule has 17 heavy (non-hydrogen) atoms. The van der Waals surface area contributed by atoms with Crippen molar-refractivity contribution in [3.63, 3.8) is 0 Å². The largest absolute Gasteiger partial charge is 0.368 e. The van der Waals surface area contributed by atoms with Crippen molar-refractivity contribution in [2.75, 3.05) is 24.5 Å². The van der Waals surface area contributed by atoms with Gasteiger partial charge in [-0.05, 0) is 69.4 Å². The Kier molecular flexibility index (Phi) is 4.50. The lowest BCUT2D eigenvalue weighted by atomic mass is 10.2. The van der Waals surface area contributed by atoms with Gasteiger partial charge in [-0.25, -0.2) is 0 Å². The Balaban J connectivity index is 2.19. The van der Waals surface area contributed by atoms with Crippen LogP contribution in [0.3, 0.4) is 0 Å². The molecule has 0 spiro atoms. The number of nitrogens with zero attached hydrogens (tertiary/aromatic N) is 1. The van der Waals surface area contributed by atoms with E-state index in [1.54, 1.807) is 0 Å². The average Bonchev–Trinajstić information content (AvgIpc) is 2.65. The number of benzene rings is 1. The number of likely N-dealkylation sites (N-methyl/N-ethyl adjacent to an activating group) is 1. The molecule has 0 bridgehead atoms. The lowest BCUT2D eigenvalue weighted by Crippen LogP contribution is -2.32. The monoisotopic (exact) mass is 360 g/mol. The lowest BCUT2D eigenvalue weighted by Gasteiger charge is -2.22. The van der Waals surface area contributed by atoms with Crippen molar-refractivity contribution in [3.8, 4) is 0 Å². The van der Waals surface area contributed by atoms with E-state index in [0.717, 1.165) is 19.6 Å². The number of aryl methyl sites for hydroxylation is 1. The van der Waals surface area contributed by atoms with Crippen LogP contribution in [0.5, 0.6) is 0 Å². The zero-order valence-electron chi connectivity index (χ0n) is 10.3. The molecule has 1 atom stereocenters. The molecule has 2 rings (SSSR count). The highest BCUT2D eigenvalue weighted by Gasteiger charge is 2.24. The van der Waals surface area contributed by atoms with Gasteiger partial charge in [0, 0.05) is 28.1 Å². The second kappa shape index (κ2) is 5.72. The first kappa shape index (κ1) is 13.4. The lowest BCUT2D eigenvalue weighted by molar-refractivity contribution is 0.572. The first-order chi connectivity index (χ1) is 8.11. The van der Waals surface area contributed by atoms with E-state index in [9.17, 15) is 0 Å². The standard InChI is InChI=1S/C13H18Br2N2/c1-3-16-10-4-5-17(8-10)13-11(14)6-9(2)7-12(13)15/h6-7,10,16H,3-5,8H2,1-2H3. The summed E-state index contributed by atoms with van der Waals surface area (Å²) in [4.78, 5) is 2.45. The molecular weight excluding hydrogens is 344 g/mol. The number of hydrogen-bond acceptors (Lipinski definition) is 2. The summed E-state index contributed by atoms with van der Waals surface area (Å²) >= 11 is 7.35. The molecule has 0 amide bonds. The van der Waals surface area contributed by atoms with Gasteiger partial charge in [0.15, 0.2) is 0 Å². The van der Waals surface area contributed by atoms with Gasteiger partial charge in [0.25, 0.3) is 0 Å². The second-order valence-electron chi connectivity index (χ2n) is 4.57. The molecule has 4 heteroatoms. The maximum Gasteiger partial charge on any atom is 0.0655 e. The second-order valence-corrected chi connectivity index (χ2v) is 6.28. The molecule has 0 aliphatic carbocycles. The number of nitrogens with one attached hydrogen (secondary N) is 1. The zero-order chi connectivity index (χ0) is 12.4. The van der Waals surface area contributed by atoms with Crippen LogP contribution >= 0.6 is 31.9 Å². The molecule has 1 aliphatic rings. The van der Waals surface area contributed by atoms with Crippen molar-refractivity contribution in [1.82, 2.24) is 5.32 Å². The van der Waals surface area contributed by atoms with Crippen molar-refractivity contribution in [3.05, 3.63) is 26.6 Å². The summed E-state index contributed by atoms with van der Waals surface area (Å²) in [5, 5.41) is 3.52. The van der Waals surface area contributed by atoms with Gasteiger partial charge >= 0.3 is 0 Å². The van der Waals surface area contributed by atoms with Gasteiger partial charge in [-0.2, -0.15) is 0 Å². The highest BCUT2D eigenvalue weighted by Crippen LogP contribution is 2.37. The van der Waals surface area contributed by atoms with Crippen molar-refractivity contribution < 1.29 is 0 Å². The summed E-state index contributed by atoms with van der Waals surface area (Å²) < 4.78 is 2.36. The van der Waals surface area contributed by atoms with Gasteiger partial charge < -0.3 is 10.2 Å². The molecule has 94 valence electrons. The minimum atomic E-state index is 0.625. The highest BCUT2D eigenvalue weighted by atomic mass is 79.9. The molecule has 1 fully saturated rings. The number of anilines is 1. The van der Waals surface area contributed by atoms with E-state index in [2.05, 4.69) is 68.1 Å². The van der Waals surface area contributed by atoms with Gasteiger partial charge in [-0.3, -0.25) is 0 Å². The van der Waals surface area contributed by atoms with Crippen LogP contribution < -0.4 is 10.2 Å². The van der Waals surface area contributed by atoms with Crippen LogP contribution in [0.25, 0.3) is 0 Å². The van der Waals surface area contributed by atoms with E-state index in [1.807, 2.05) is 0 Å². The molecule has 1 aromatic rings. The molecule has 1 heterocycles. The average molecular weight is 362 g/mol. The Morgan fingerprint density at radius 3 is 2.59 bits per heavy atom. The fourth-order valence-electron chi connectivity index (χ4n) is 2.41. The Morgan fingerprint density at radius 2 is 2.00 bits per heavy atom. The Hall–Kier alpha value is -0.0600. The SMILES string of the molecule is CCNC1CCN(c2c(Br)cc(C)cc2Br)C1. The molecular formula is C13H18Br2N2. The molecule has 0 saturated carbocycles. The molecule has 0 radical (unpaired) electrons. The van der Waals surface area contributed by atoms with E-state index in [1.165, 1.54) is 26.6 Å². The third-order valence-electron chi connectivity index (χ3n) is 3.16. The normalized spacial score (nSPS) is 20.0. The van der Waals surface area contributed by atoms with Gasteiger partial charge in [0.05, 0.1) is 5.69 Å². The summed E-state index contributed by atoms with van der Waals surface area (Å²) in [6.45, 7) is 7.55. The fourth-order valence-corrected chi connectivity index (χ4v) is 4.33. The highest BCUT2D eigenvalue weighted by molar-refractivity contribution is 9.11. The number of halogens is 2. The van der Waals surface area contributed by atoms with Crippen LogP contribution in [-0.2, 0) is 0 Å². The molecule has 1 saturated heterocycles. The van der Waals surface area contributed by atoms with E-state index in [-0.39, 0.29) is 0 Å². The van der Waals surface area contributed by atoms with Crippen molar-refractivity contribution >= 4 is 37.5 Å². The van der Waals surface area contributed by atoms with Crippen LogP contribution in [-0.4, -0.2) is 25.7 Å². The Labute approximate surface area is 120 Å². The molecule has 1 aromatic carbocycles. The Morgan fingerprint density at radius 1 is 1.35 bits per heavy atom. The van der Waals surface area contributed by atoms with Crippen LogP contribution in [0, 0.1) is 6.92 Å². The first-order valence-corrected chi connectivity index (χ1v) is 7.64. The van der Waals surface area contributed by atoms with Crippen molar-refractivity contribution in [2.24, 2.45) is 0 Å².